The summed E-state index contributed by atoms with van der Waals surface area (Å²) in [5.74, 6) is -0.951. The van der Waals surface area contributed by atoms with E-state index in [9.17, 15) is 4.79 Å². The van der Waals surface area contributed by atoms with Gasteiger partial charge in [0, 0.05) is 6.20 Å². The van der Waals surface area contributed by atoms with E-state index in [0.717, 1.165) is 24.0 Å². The number of hydrogen-bond acceptors (Lipinski definition) is 2. The summed E-state index contributed by atoms with van der Waals surface area (Å²) in [6.07, 6.45) is 6.21. The van der Waals surface area contributed by atoms with Gasteiger partial charge < -0.3 is 5.11 Å². The molecule has 1 aromatic rings. The van der Waals surface area contributed by atoms with E-state index >= 15 is 0 Å². The van der Waals surface area contributed by atoms with E-state index in [1.54, 1.807) is 13.1 Å². The molecule has 3 heteroatoms. The Labute approximate surface area is 90.2 Å². The quantitative estimate of drug-likeness (QED) is 0.755. The Morgan fingerprint density at radius 2 is 2.20 bits per heavy atom. The smallest absolute Gasteiger partial charge is 0.354 e. The minimum Gasteiger partial charge on any atom is -0.477 e. The lowest BCUT2D eigenvalue weighted by Gasteiger charge is -2.04. The lowest BCUT2D eigenvalue weighted by Crippen LogP contribution is -2.04. The van der Waals surface area contributed by atoms with Gasteiger partial charge in [-0.25, -0.2) is 9.78 Å². The minimum atomic E-state index is -0.951. The molecule has 0 unspecified atom stereocenters. The first kappa shape index (κ1) is 11.7. The highest BCUT2D eigenvalue weighted by Crippen LogP contribution is 2.10. The van der Waals surface area contributed by atoms with Crippen molar-refractivity contribution in [2.24, 2.45) is 0 Å². The zero-order chi connectivity index (χ0) is 11.3. The van der Waals surface area contributed by atoms with E-state index in [0.29, 0.717) is 0 Å². The molecule has 0 amide bonds. The van der Waals surface area contributed by atoms with Crippen LogP contribution in [-0.2, 0) is 6.42 Å². The fourth-order valence-electron chi connectivity index (χ4n) is 1.57. The summed E-state index contributed by atoms with van der Waals surface area (Å²) in [5.41, 5.74) is 2.04. The molecule has 0 atom stereocenters. The molecule has 0 radical (unpaired) electrons. The molecule has 0 spiro atoms. The molecule has 0 aliphatic carbocycles. The lowest BCUT2D eigenvalue weighted by atomic mass is 10.1. The van der Waals surface area contributed by atoms with Crippen molar-refractivity contribution in [3.8, 4) is 0 Å². The third kappa shape index (κ3) is 3.35. The van der Waals surface area contributed by atoms with Crippen molar-refractivity contribution in [3.05, 3.63) is 29.1 Å². The van der Waals surface area contributed by atoms with E-state index in [1.165, 1.54) is 12.8 Å². The van der Waals surface area contributed by atoms with Crippen LogP contribution in [0.15, 0.2) is 12.3 Å². The molecule has 1 rings (SSSR count). The molecule has 0 saturated carbocycles. The topological polar surface area (TPSA) is 50.2 Å². The van der Waals surface area contributed by atoms with Crippen LogP contribution in [0.2, 0.25) is 0 Å². The number of pyridine rings is 1. The summed E-state index contributed by atoms with van der Waals surface area (Å²) in [7, 11) is 0. The highest BCUT2D eigenvalue weighted by Gasteiger charge is 2.08. The van der Waals surface area contributed by atoms with Crippen LogP contribution in [0, 0.1) is 6.92 Å². The Morgan fingerprint density at radius 1 is 1.47 bits per heavy atom. The fourth-order valence-corrected chi connectivity index (χ4v) is 1.57. The van der Waals surface area contributed by atoms with Crippen LogP contribution in [0.5, 0.6) is 0 Å². The molecule has 82 valence electrons. The SMILES string of the molecule is CCCCCc1cnc(C(=O)O)c(C)c1. The van der Waals surface area contributed by atoms with Gasteiger partial charge in [0.1, 0.15) is 0 Å². The predicted octanol–water partition coefficient (Wildman–Crippen LogP) is 2.82. The molecule has 0 bridgehead atoms. The number of aryl methyl sites for hydroxylation is 2. The highest BCUT2D eigenvalue weighted by molar-refractivity contribution is 5.86. The van der Waals surface area contributed by atoms with Crippen LogP contribution in [0.1, 0.15) is 47.8 Å². The number of nitrogens with zero attached hydrogens (tertiary/aromatic N) is 1. The zero-order valence-electron chi connectivity index (χ0n) is 9.29. The molecular formula is C12H17NO2. The van der Waals surface area contributed by atoms with Crippen LogP contribution in [0.3, 0.4) is 0 Å². The first-order valence-corrected chi connectivity index (χ1v) is 5.34. The van der Waals surface area contributed by atoms with E-state index in [1.807, 2.05) is 6.07 Å². The van der Waals surface area contributed by atoms with Gasteiger partial charge in [-0.3, -0.25) is 0 Å². The van der Waals surface area contributed by atoms with Gasteiger partial charge in [-0.1, -0.05) is 25.8 Å². The molecule has 3 nitrogen and oxygen atoms in total. The summed E-state index contributed by atoms with van der Waals surface area (Å²) < 4.78 is 0. The number of aromatic carboxylic acids is 1. The monoisotopic (exact) mass is 207 g/mol. The van der Waals surface area contributed by atoms with E-state index in [2.05, 4.69) is 11.9 Å². The molecule has 0 aromatic carbocycles. The molecule has 0 fully saturated rings. The van der Waals surface area contributed by atoms with Crippen molar-refractivity contribution >= 4 is 5.97 Å². The average molecular weight is 207 g/mol. The summed E-state index contributed by atoms with van der Waals surface area (Å²) in [5, 5.41) is 8.81. The largest absolute Gasteiger partial charge is 0.477 e. The Balaban J connectivity index is 2.69. The number of carbonyl (C=O) groups is 1. The molecule has 1 aromatic heterocycles. The van der Waals surface area contributed by atoms with Gasteiger partial charge in [-0.2, -0.15) is 0 Å². The standard InChI is InChI=1S/C12H17NO2/c1-3-4-5-6-10-7-9(2)11(12(14)15)13-8-10/h7-8H,3-6H2,1-2H3,(H,14,15). The lowest BCUT2D eigenvalue weighted by molar-refractivity contribution is 0.0689. The van der Waals surface area contributed by atoms with Crippen LogP contribution in [0.25, 0.3) is 0 Å². The molecule has 0 saturated heterocycles. The van der Waals surface area contributed by atoms with Crippen molar-refractivity contribution in [2.75, 3.05) is 0 Å². The van der Waals surface area contributed by atoms with Gasteiger partial charge in [-0.15, -0.1) is 0 Å². The molecule has 1 N–H and O–H groups in total. The number of carboxylic acids is 1. The van der Waals surface area contributed by atoms with Crippen LogP contribution >= 0.6 is 0 Å². The van der Waals surface area contributed by atoms with E-state index in [-0.39, 0.29) is 5.69 Å². The third-order valence-electron chi connectivity index (χ3n) is 2.41. The number of carboxylic acid groups (broad SMARTS) is 1. The Kier molecular flexibility index (Phi) is 4.28. The molecule has 0 aliphatic rings. The van der Waals surface area contributed by atoms with E-state index < -0.39 is 5.97 Å². The van der Waals surface area contributed by atoms with Gasteiger partial charge in [0.15, 0.2) is 5.69 Å². The maximum Gasteiger partial charge on any atom is 0.354 e. The predicted molar refractivity (Wildman–Crippen MR) is 59.2 cm³/mol. The second kappa shape index (κ2) is 5.49. The van der Waals surface area contributed by atoms with Gasteiger partial charge >= 0.3 is 5.97 Å². The molecular weight excluding hydrogens is 190 g/mol. The average Bonchev–Trinajstić information content (AvgIpc) is 2.17. The normalized spacial score (nSPS) is 10.3. The number of aromatic nitrogens is 1. The van der Waals surface area contributed by atoms with E-state index in [4.69, 9.17) is 5.11 Å². The van der Waals surface area contributed by atoms with Crippen molar-refractivity contribution in [1.82, 2.24) is 4.98 Å². The molecule has 0 aliphatic heterocycles. The number of unbranched alkanes of at least 4 members (excludes halogenated alkanes) is 2. The van der Waals surface area contributed by atoms with Gasteiger partial charge in [-0.05, 0) is 30.9 Å². The second-order valence-corrected chi connectivity index (χ2v) is 3.77. The molecule has 1 heterocycles. The zero-order valence-corrected chi connectivity index (χ0v) is 9.29. The van der Waals surface area contributed by atoms with Gasteiger partial charge in [0.05, 0.1) is 0 Å². The van der Waals surface area contributed by atoms with Crippen molar-refractivity contribution in [3.63, 3.8) is 0 Å². The van der Waals surface area contributed by atoms with Crippen LogP contribution in [0.4, 0.5) is 0 Å². The Morgan fingerprint density at radius 3 is 2.73 bits per heavy atom. The summed E-state index contributed by atoms with van der Waals surface area (Å²) in [4.78, 5) is 14.7. The Hall–Kier alpha value is -1.38. The maximum atomic E-state index is 10.7. The first-order chi connectivity index (χ1) is 7.15. The highest BCUT2D eigenvalue weighted by atomic mass is 16.4. The van der Waals surface area contributed by atoms with Gasteiger partial charge in [0.25, 0.3) is 0 Å². The van der Waals surface area contributed by atoms with Crippen molar-refractivity contribution in [1.29, 1.82) is 0 Å². The summed E-state index contributed by atoms with van der Waals surface area (Å²) >= 11 is 0. The van der Waals surface area contributed by atoms with Gasteiger partial charge in [0.2, 0.25) is 0 Å². The minimum absolute atomic E-state index is 0.161. The first-order valence-electron chi connectivity index (χ1n) is 5.34. The van der Waals surface area contributed by atoms with Crippen molar-refractivity contribution in [2.45, 2.75) is 39.5 Å². The van der Waals surface area contributed by atoms with Crippen LogP contribution < -0.4 is 0 Å². The Bertz CT molecular complexity index is 347. The van der Waals surface area contributed by atoms with Crippen LogP contribution in [-0.4, -0.2) is 16.1 Å². The van der Waals surface area contributed by atoms with Crippen molar-refractivity contribution < 1.29 is 9.90 Å². The third-order valence-corrected chi connectivity index (χ3v) is 2.41. The number of rotatable bonds is 5. The fraction of sp³-hybridized carbons (Fsp3) is 0.500. The second-order valence-electron chi connectivity index (χ2n) is 3.77. The maximum absolute atomic E-state index is 10.7. The summed E-state index contributed by atoms with van der Waals surface area (Å²) in [6.45, 7) is 3.96. The summed E-state index contributed by atoms with van der Waals surface area (Å²) in [6, 6.07) is 1.92. The molecule has 15 heavy (non-hydrogen) atoms. The number of hydrogen-bond donors (Lipinski definition) is 1.